The number of amides is 1. The second kappa shape index (κ2) is 7.58. The van der Waals surface area contributed by atoms with E-state index in [1.807, 2.05) is 0 Å². The lowest BCUT2D eigenvalue weighted by Gasteiger charge is -2.10. The summed E-state index contributed by atoms with van der Waals surface area (Å²) in [6.07, 6.45) is -0.702. The van der Waals surface area contributed by atoms with Crippen LogP contribution in [0.5, 0.6) is 17.2 Å². The summed E-state index contributed by atoms with van der Waals surface area (Å²) in [5, 5.41) is 42.0. The third-order valence-corrected chi connectivity index (χ3v) is 3.79. The molecule has 0 unspecified atom stereocenters. The third-order valence-electron chi connectivity index (χ3n) is 3.79. The number of hydrogen-bond donors (Lipinski definition) is 3. The number of nitro groups is 1. The van der Waals surface area contributed by atoms with Crippen LogP contribution < -0.4 is 10.1 Å². The molecule has 0 spiro atoms. The zero-order chi connectivity index (χ0) is 20.3. The molecule has 0 aliphatic rings. The topological polar surface area (TPSA) is 147 Å². The molecular formula is C18H14N4O6. The maximum Gasteiger partial charge on any atom is 0.412 e. The maximum atomic E-state index is 11.6. The predicted octanol–water partition coefficient (Wildman–Crippen LogP) is 4.29. The van der Waals surface area contributed by atoms with Crippen molar-refractivity contribution in [3.8, 4) is 17.2 Å². The molecule has 3 aromatic carbocycles. The number of rotatable bonds is 4. The Bertz CT molecular complexity index is 1110. The molecule has 0 radical (unpaired) electrons. The molecule has 0 heterocycles. The number of carbonyl (C=O) groups excluding carboxylic acids is 1. The van der Waals surface area contributed by atoms with Crippen LogP contribution in [0.2, 0.25) is 0 Å². The van der Waals surface area contributed by atoms with E-state index in [1.54, 1.807) is 18.2 Å². The van der Waals surface area contributed by atoms with Crippen molar-refractivity contribution in [1.82, 2.24) is 5.32 Å². The Morgan fingerprint density at radius 2 is 1.89 bits per heavy atom. The molecule has 142 valence electrons. The Morgan fingerprint density at radius 1 is 1.11 bits per heavy atom. The van der Waals surface area contributed by atoms with Crippen molar-refractivity contribution in [2.24, 2.45) is 10.2 Å². The SMILES string of the molecule is CNC(=O)Oc1cccc2ccc(O)c(N=Nc3ccc([N+](=O)[O-])cc3O)c12. The Kier molecular flexibility index (Phi) is 5.03. The van der Waals surface area contributed by atoms with Crippen LogP contribution in [0.25, 0.3) is 10.8 Å². The number of ether oxygens (including phenoxy) is 1. The van der Waals surface area contributed by atoms with Crippen molar-refractivity contribution >= 4 is 33.9 Å². The summed E-state index contributed by atoms with van der Waals surface area (Å²) in [6.45, 7) is 0. The Morgan fingerprint density at radius 3 is 2.57 bits per heavy atom. The van der Waals surface area contributed by atoms with E-state index < -0.39 is 16.8 Å². The van der Waals surface area contributed by atoms with E-state index in [4.69, 9.17) is 4.74 Å². The number of phenolic OH excluding ortho intramolecular Hbond substituents is 2. The Hall–Kier alpha value is -4.21. The third kappa shape index (κ3) is 3.65. The minimum Gasteiger partial charge on any atom is -0.506 e. The number of nitrogens with one attached hydrogen (secondary N) is 1. The summed E-state index contributed by atoms with van der Waals surface area (Å²) < 4.78 is 5.20. The van der Waals surface area contributed by atoms with Gasteiger partial charge in [0.05, 0.1) is 16.4 Å². The van der Waals surface area contributed by atoms with Crippen molar-refractivity contribution in [3.05, 3.63) is 58.6 Å². The number of fused-ring (bicyclic) bond motifs is 1. The quantitative estimate of drug-likeness (QED) is 0.348. The number of nitro benzene ring substituents is 1. The summed E-state index contributed by atoms with van der Waals surface area (Å²) in [7, 11) is 1.41. The second-order valence-corrected chi connectivity index (χ2v) is 5.56. The van der Waals surface area contributed by atoms with Crippen LogP contribution in [0.15, 0.2) is 58.8 Å². The van der Waals surface area contributed by atoms with E-state index in [9.17, 15) is 25.1 Å². The smallest absolute Gasteiger partial charge is 0.412 e. The number of hydrogen-bond acceptors (Lipinski definition) is 8. The molecule has 0 atom stereocenters. The average Bonchev–Trinajstić information content (AvgIpc) is 2.68. The number of phenols is 2. The fraction of sp³-hybridized carbons (Fsp3) is 0.0556. The molecule has 0 aliphatic carbocycles. The monoisotopic (exact) mass is 382 g/mol. The van der Waals surface area contributed by atoms with Crippen molar-refractivity contribution in [3.63, 3.8) is 0 Å². The van der Waals surface area contributed by atoms with Gasteiger partial charge in [0.25, 0.3) is 5.69 Å². The first-order chi connectivity index (χ1) is 13.4. The second-order valence-electron chi connectivity index (χ2n) is 5.56. The van der Waals surface area contributed by atoms with Crippen LogP contribution in [0.1, 0.15) is 0 Å². The zero-order valence-electron chi connectivity index (χ0n) is 14.5. The first-order valence-corrected chi connectivity index (χ1v) is 7.94. The molecule has 28 heavy (non-hydrogen) atoms. The van der Waals surface area contributed by atoms with Gasteiger partial charge in [0.2, 0.25) is 0 Å². The first-order valence-electron chi connectivity index (χ1n) is 7.94. The molecule has 0 fully saturated rings. The lowest BCUT2D eigenvalue weighted by Crippen LogP contribution is -2.22. The number of nitrogens with zero attached hydrogens (tertiary/aromatic N) is 3. The van der Waals surface area contributed by atoms with Crippen LogP contribution in [0, 0.1) is 10.1 Å². The highest BCUT2D eigenvalue weighted by Crippen LogP contribution is 2.42. The number of azo groups is 1. The van der Waals surface area contributed by atoms with E-state index >= 15 is 0 Å². The van der Waals surface area contributed by atoms with Gasteiger partial charge in [-0.3, -0.25) is 10.1 Å². The van der Waals surface area contributed by atoms with Gasteiger partial charge in [0.1, 0.15) is 28.6 Å². The van der Waals surface area contributed by atoms with E-state index in [2.05, 4.69) is 15.5 Å². The van der Waals surface area contributed by atoms with Gasteiger partial charge in [-0.25, -0.2) is 4.79 Å². The normalized spacial score (nSPS) is 10.9. The van der Waals surface area contributed by atoms with Crippen molar-refractivity contribution in [2.75, 3.05) is 7.05 Å². The van der Waals surface area contributed by atoms with Gasteiger partial charge in [-0.05, 0) is 23.6 Å². The number of benzene rings is 3. The Labute approximate surface area is 157 Å². The lowest BCUT2D eigenvalue weighted by atomic mass is 10.1. The van der Waals surface area contributed by atoms with Crippen LogP contribution in [-0.4, -0.2) is 28.3 Å². The molecule has 0 saturated carbocycles. The molecule has 3 N–H and O–H groups in total. The molecule has 3 rings (SSSR count). The highest BCUT2D eigenvalue weighted by molar-refractivity contribution is 6.00. The highest BCUT2D eigenvalue weighted by Gasteiger charge is 2.15. The van der Waals surface area contributed by atoms with Gasteiger partial charge in [-0.15, -0.1) is 10.2 Å². The number of aromatic hydroxyl groups is 2. The summed E-state index contributed by atoms with van der Waals surface area (Å²) in [4.78, 5) is 21.7. The van der Waals surface area contributed by atoms with Gasteiger partial charge in [-0.1, -0.05) is 18.2 Å². The highest BCUT2D eigenvalue weighted by atomic mass is 16.6. The molecular weight excluding hydrogens is 368 g/mol. The molecule has 0 aromatic heterocycles. The van der Waals surface area contributed by atoms with Gasteiger partial charge >= 0.3 is 6.09 Å². The van der Waals surface area contributed by atoms with Crippen molar-refractivity contribution < 1.29 is 24.7 Å². The molecule has 1 amide bonds. The van der Waals surface area contributed by atoms with E-state index in [0.717, 1.165) is 12.1 Å². The summed E-state index contributed by atoms with van der Waals surface area (Å²) in [6, 6.07) is 11.3. The average molecular weight is 382 g/mol. The summed E-state index contributed by atoms with van der Waals surface area (Å²) in [5.74, 6) is -0.528. The van der Waals surface area contributed by atoms with Crippen molar-refractivity contribution in [2.45, 2.75) is 0 Å². The molecule has 0 saturated heterocycles. The van der Waals surface area contributed by atoms with E-state index in [0.29, 0.717) is 10.8 Å². The summed E-state index contributed by atoms with van der Waals surface area (Å²) >= 11 is 0. The lowest BCUT2D eigenvalue weighted by molar-refractivity contribution is -0.384. The van der Waals surface area contributed by atoms with Gasteiger partial charge in [-0.2, -0.15) is 0 Å². The molecule has 3 aromatic rings. The zero-order valence-corrected chi connectivity index (χ0v) is 14.5. The van der Waals surface area contributed by atoms with E-state index in [-0.39, 0.29) is 28.6 Å². The fourth-order valence-corrected chi connectivity index (χ4v) is 2.47. The summed E-state index contributed by atoms with van der Waals surface area (Å²) in [5.41, 5.74) is -0.327. The number of non-ortho nitro benzene ring substituents is 1. The van der Waals surface area contributed by atoms with Gasteiger partial charge < -0.3 is 20.3 Å². The van der Waals surface area contributed by atoms with E-state index in [1.165, 1.54) is 25.2 Å². The number of carbonyl (C=O) groups is 1. The minimum atomic E-state index is -0.702. The van der Waals surface area contributed by atoms with Crippen LogP contribution >= 0.6 is 0 Å². The largest absolute Gasteiger partial charge is 0.506 e. The fourth-order valence-electron chi connectivity index (χ4n) is 2.47. The standard InChI is InChI=1S/C18H14N4O6/c1-19-18(25)28-15-4-2-3-10-5-8-13(23)17(16(10)15)21-20-12-7-6-11(22(26)27)9-14(12)24/h2-9,23-24H,1H3,(H,19,25). The van der Waals surface area contributed by atoms with Gasteiger partial charge in [0.15, 0.2) is 0 Å². The molecule has 0 aliphatic heterocycles. The first kappa shape index (κ1) is 18.6. The molecule has 10 heteroatoms. The van der Waals surface area contributed by atoms with Crippen LogP contribution in [-0.2, 0) is 0 Å². The molecule has 10 nitrogen and oxygen atoms in total. The maximum absolute atomic E-state index is 11.6. The Balaban J connectivity index is 2.10. The minimum absolute atomic E-state index is 0.00903. The van der Waals surface area contributed by atoms with Gasteiger partial charge in [0, 0.05) is 13.1 Å². The van der Waals surface area contributed by atoms with Crippen LogP contribution in [0.3, 0.4) is 0 Å². The predicted molar refractivity (Wildman–Crippen MR) is 99.6 cm³/mol. The van der Waals surface area contributed by atoms with Crippen LogP contribution in [0.4, 0.5) is 21.9 Å². The molecule has 0 bridgehead atoms. The van der Waals surface area contributed by atoms with Crippen molar-refractivity contribution in [1.29, 1.82) is 0 Å².